The summed E-state index contributed by atoms with van der Waals surface area (Å²) in [5.41, 5.74) is 0.970. The topological polar surface area (TPSA) is 84.5 Å². The Morgan fingerprint density at radius 1 is 1.09 bits per heavy atom. The molecule has 2 rings (SSSR count). The van der Waals surface area contributed by atoms with Crippen molar-refractivity contribution in [2.45, 2.75) is 6.92 Å². The minimum Gasteiger partial charge on any atom is -0.465 e. The summed E-state index contributed by atoms with van der Waals surface area (Å²) < 4.78 is 4.61. The van der Waals surface area contributed by atoms with E-state index in [1.165, 1.54) is 13.2 Å². The van der Waals surface area contributed by atoms with Crippen molar-refractivity contribution in [1.29, 1.82) is 0 Å². The first-order chi connectivity index (χ1) is 11.0. The average Bonchev–Trinajstić information content (AvgIpc) is 3.04. The van der Waals surface area contributed by atoms with E-state index in [2.05, 4.69) is 15.4 Å². The third kappa shape index (κ3) is 4.17. The smallest absolute Gasteiger partial charge is 0.348 e. The summed E-state index contributed by atoms with van der Waals surface area (Å²) in [6.07, 6.45) is 0. The van der Waals surface area contributed by atoms with Gasteiger partial charge in [0.05, 0.1) is 12.0 Å². The summed E-state index contributed by atoms with van der Waals surface area (Å²) >= 11 is 1.05. The number of anilines is 1. The zero-order valence-electron chi connectivity index (χ0n) is 12.7. The predicted octanol–water partition coefficient (Wildman–Crippen LogP) is 2.54. The van der Waals surface area contributed by atoms with Gasteiger partial charge in [-0.3, -0.25) is 9.59 Å². The van der Waals surface area contributed by atoms with Gasteiger partial charge in [-0.15, -0.1) is 11.3 Å². The zero-order valence-corrected chi connectivity index (χ0v) is 13.5. The van der Waals surface area contributed by atoms with Gasteiger partial charge in [-0.1, -0.05) is 6.07 Å². The molecule has 0 atom stereocenters. The lowest BCUT2D eigenvalue weighted by molar-refractivity contribution is 0.0606. The molecule has 0 aliphatic rings. The predicted molar refractivity (Wildman–Crippen MR) is 88.1 cm³/mol. The first kappa shape index (κ1) is 16.7. The number of thiophene rings is 1. The van der Waals surface area contributed by atoms with Crippen LogP contribution in [-0.4, -0.2) is 31.4 Å². The molecule has 7 heteroatoms. The fourth-order valence-corrected chi connectivity index (χ4v) is 2.68. The Balaban J connectivity index is 2.11. The van der Waals surface area contributed by atoms with Crippen LogP contribution in [0.1, 0.15) is 36.6 Å². The first-order valence-electron chi connectivity index (χ1n) is 6.93. The molecule has 1 aromatic heterocycles. The maximum absolute atomic E-state index is 12.2. The van der Waals surface area contributed by atoms with Crippen LogP contribution >= 0.6 is 11.3 Å². The number of esters is 1. The van der Waals surface area contributed by atoms with Crippen LogP contribution in [0.4, 0.5) is 5.69 Å². The average molecular weight is 332 g/mol. The molecule has 1 aromatic carbocycles. The van der Waals surface area contributed by atoms with Crippen molar-refractivity contribution in [3.63, 3.8) is 0 Å². The van der Waals surface area contributed by atoms with Gasteiger partial charge in [0, 0.05) is 17.8 Å². The van der Waals surface area contributed by atoms with E-state index in [0.717, 1.165) is 11.3 Å². The number of carbonyl (C=O) groups excluding carboxylic acids is 3. The summed E-state index contributed by atoms with van der Waals surface area (Å²) in [6, 6.07) is 9.74. The molecule has 23 heavy (non-hydrogen) atoms. The zero-order chi connectivity index (χ0) is 16.8. The van der Waals surface area contributed by atoms with E-state index in [4.69, 9.17) is 0 Å². The number of amides is 2. The van der Waals surface area contributed by atoms with Crippen molar-refractivity contribution in [3.8, 4) is 0 Å². The Morgan fingerprint density at radius 3 is 2.52 bits per heavy atom. The van der Waals surface area contributed by atoms with Crippen molar-refractivity contribution in [2.75, 3.05) is 19.0 Å². The number of methoxy groups -OCH3 is 1. The van der Waals surface area contributed by atoms with Gasteiger partial charge in [-0.05, 0) is 37.3 Å². The van der Waals surface area contributed by atoms with Crippen molar-refractivity contribution >= 4 is 34.8 Å². The molecule has 2 amide bonds. The van der Waals surface area contributed by atoms with Gasteiger partial charge in [-0.25, -0.2) is 4.79 Å². The molecule has 0 unspecified atom stereocenters. The summed E-state index contributed by atoms with van der Waals surface area (Å²) in [5, 5.41) is 5.40. The Labute approximate surface area is 137 Å². The largest absolute Gasteiger partial charge is 0.465 e. The Kier molecular flexibility index (Phi) is 5.48. The van der Waals surface area contributed by atoms with E-state index in [1.807, 2.05) is 6.92 Å². The van der Waals surface area contributed by atoms with E-state index in [9.17, 15) is 14.4 Å². The molecule has 1 heterocycles. The van der Waals surface area contributed by atoms with Crippen LogP contribution in [0.2, 0.25) is 0 Å². The van der Waals surface area contributed by atoms with Crippen LogP contribution < -0.4 is 10.6 Å². The lowest BCUT2D eigenvalue weighted by atomic mass is 10.2. The minimum absolute atomic E-state index is 0.201. The van der Waals surface area contributed by atoms with Crippen LogP contribution in [-0.2, 0) is 4.74 Å². The summed E-state index contributed by atoms with van der Waals surface area (Å²) in [7, 11) is 1.29. The maximum Gasteiger partial charge on any atom is 0.348 e. The Morgan fingerprint density at radius 2 is 1.83 bits per heavy atom. The van der Waals surface area contributed by atoms with Crippen molar-refractivity contribution < 1.29 is 19.1 Å². The maximum atomic E-state index is 12.2. The molecule has 2 aromatic rings. The SMILES string of the molecule is CCNC(=O)c1cccc(NC(=O)c2ccc(C(=O)OC)s2)c1. The molecule has 0 spiro atoms. The molecular weight excluding hydrogens is 316 g/mol. The number of hydrogen-bond donors (Lipinski definition) is 2. The number of nitrogens with one attached hydrogen (secondary N) is 2. The summed E-state index contributed by atoms with van der Waals surface area (Å²) in [4.78, 5) is 36.1. The summed E-state index contributed by atoms with van der Waals surface area (Å²) in [5.74, 6) is -1.03. The molecular formula is C16H16N2O4S. The number of carbonyl (C=O) groups is 3. The van der Waals surface area contributed by atoms with Crippen LogP contribution in [0, 0.1) is 0 Å². The summed E-state index contributed by atoms with van der Waals surface area (Å²) in [6.45, 7) is 2.36. The number of ether oxygens (including phenoxy) is 1. The standard InChI is InChI=1S/C16H16N2O4S/c1-3-17-14(19)10-5-4-6-11(9-10)18-15(20)12-7-8-13(23-12)16(21)22-2/h4-9H,3H2,1-2H3,(H,17,19)(H,18,20). The molecule has 0 saturated carbocycles. The number of benzene rings is 1. The van der Waals surface area contributed by atoms with Gasteiger partial charge < -0.3 is 15.4 Å². The number of rotatable bonds is 5. The van der Waals surface area contributed by atoms with Gasteiger partial charge in [0.1, 0.15) is 4.88 Å². The van der Waals surface area contributed by atoms with Gasteiger partial charge >= 0.3 is 5.97 Å². The molecule has 120 valence electrons. The highest BCUT2D eigenvalue weighted by Crippen LogP contribution is 2.19. The molecule has 0 saturated heterocycles. The van der Waals surface area contributed by atoms with Gasteiger partial charge in [0.15, 0.2) is 0 Å². The monoisotopic (exact) mass is 332 g/mol. The molecule has 2 N–H and O–H groups in total. The van der Waals surface area contributed by atoms with E-state index in [-0.39, 0.29) is 11.8 Å². The Hall–Kier alpha value is -2.67. The molecule has 0 aliphatic carbocycles. The third-order valence-electron chi connectivity index (χ3n) is 2.94. The Bertz CT molecular complexity index is 739. The molecule has 0 radical (unpaired) electrons. The second-order valence-electron chi connectivity index (χ2n) is 4.55. The van der Waals surface area contributed by atoms with Crippen LogP contribution in [0.5, 0.6) is 0 Å². The highest BCUT2D eigenvalue weighted by molar-refractivity contribution is 7.16. The lowest BCUT2D eigenvalue weighted by Gasteiger charge is -2.06. The molecule has 6 nitrogen and oxygen atoms in total. The van der Waals surface area contributed by atoms with Crippen molar-refractivity contribution in [1.82, 2.24) is 5.32 Å². The second-order valence-corrected chi connectivity index (χ2v) is 5.63. The van der Waals surface area contributed by atoms with Gasteiger partial charge in [-0.2, -0.15) is 0 Å². The number of hydrogen-bond acceptors (Lipinski definition) is 5. The molecule has 0 bridgehead atoms. The van der Waals surface area contributed by atoms with Gasteiger partial charge in [0.2, 0.25) is 0 Å². The first-order valence-corrected chi connectivity index (χ1v) is 7.74. The van der Waals surface area contributed by atoms with Crippen LogP contribution in [0.3, 0.4) is 0 Å². The van der Waals surface area contributed by atoms with Crippen LogP contribution in [0.25, 0.3) is 0 Å². The van der Waals surface area contributed by atoms with Gasteiger partial charge in [0.25, 0.3) is 11.8 Å². The fraction of sp³-hybridized carbons (Fsp3) is 0.188. The van der Waals surface area contributed by atoms with E-state index < -0.39 is 5.97 Å². The van der Waals surface area contributed by atoms with E-state index in [0.29, 0.717) is 27.5 Å². The second kappa shape index (κ2) is 7.55. The van der Waals surface area contributed by atoms with Crippen LogP contribution in [0.15, 0.2) is 36.4 Å². The molecule has 0 fully saturated rings. The highest BCUT2D eigenvalue weighted by Gasteiger charge is 2.14. The molecule has 0 aliphatic heterocycles. The van der Waals surface area contributed by atoms with Crippen molar-refractivity contribution in [3.05, 3.63) is 51.7 Å². The normalized spacial score (nSPS) is 10.0. The lowest BCUT2D eigenvalue weighted by Crippen LogP contribution is -2.22. The van der Waals surface area contributed by atoms with E-state index >= 15 is 0 Å². The highest BCUT2D eigenvalue weighted by atomic mass is 32.1. The quantitative estimate of drug-likeness (QED) is 0.824. The van der Waals surface area contributed by atoms with Crippen molar-refractivity contribution in [2.24, 2.45) is 0 Å². The minimum atomic E-state index is -0.479. The fourth-order valence-electron chi connectivity index (χ4n) is 1.86. The third-order valence-corrected chi connectivity index (χ3v) is 4.00. The van der Waals surface area contributed by atoms with E-state index in [1.54, 1.807) is 30.3 Å².